The molecule has 0 amide bonds. The number of likely N-dealkylation sites (N-methyl/N-ethyl adjacent to an activating group) is 2. The number of nitriles is 1. The molecule has 0 spiro atoms. The highest BCUT2D eigenvalue weighted by molar-refractivity contribution is 5.60. The summed E-state index contributed by atoms with van der Waals surface area (Å²) < 4.78 is 0. The van der Waals surface area contributed by atoms with E-state index in [1.54, 1.807) is 6.07 Å². The molecule has 0 radical (unpaired) electrons. The van der Waals surface area contributed by atoms with Gasteiger partial charge >= 0.3 is 0 Å². The van der Waals surface area contributed by atoms with Gasteiger partial charge in [0.2, 0.25) is 0 Å². The van der Waals surface area contributed by atoms with Gasteiger partial charge in [0.25, 0.3) is 0 Å². The van der Waals surface area contributed by atoms with Crippen LogP contribution in [0.2, 0.25) is 0 Å². The van der Waals surface area contributed by atoms with Gasteiger partial charge in [-0.1, -0.05) is 13.0 Å². The maximum Gasteiger partial charge on any atom is 0.101 e. The molecule has 1 N–H and O–H groups in total. The van der Waals surface area contributed by atoms with E-state index in [4.69, 9.17) is 5.11 Å². The van der Waals surface area contributed by atoms with Crippen LogP contribution in [-0.2, 0) is 6.61 Å². The number of anilines is 1. The molecule has 1 atom stereocenters. The van der Waals surface area contributed by atoms with Gasteiger partial charge in [0.05, 0.1) is 17.9 Å². The molecule has 108 valence electrons. The van der Waals surface area contributed by atoms with Gasteiger partial charge in [0.1, 0.15) is 6.07 Å². The lowest BCUT2D eigenvalue weighted by molar-refractivity contribution is 0.270. The van der Waals surface area contributed by atoms with Crippen molar-refractivity contribution in [3.8, 4) is 6.07 Å². The number of hydrogen-bond acceptors (Lipinski definition) is 4. The van der Waals surface area contributed by atoms with Crippen LogP contribution in [0.25, 0.3) is 0 Å². The molecule has 20 heavy (non-hydrogen) atoms. The van der Waals surface area contributed by atoms with Crippen LogP contribution < -0.4 is 4.90 Å². The first-order chi connectivity index (χ1) is 9.69. The number of benzene rings is 1. The molecule has 1 fully saturated rings. The van der Waals surface area contributed by atoms with Gasteiger partial charge in [-0.05, 0) is 43.6 Å². The average Bonchev–Trinajstić information content (AvgIpc) is 2.93. The Morgan fingerprint density at radius 2 is 2.30 bits per heavy atom. The van der Waals surface area contributed by atoms with Gasteiger partial charge in [-0.2, -0.15) is 5.26 Å². The first kappa shape index (κ1) is 14.8. The summed E-state index contributed by atoms with van der Waals surface area (Å²) in [6.45, 7) is 5.40. The average molecular weight is 273 g/mol. The smallest absolute Gasteiger partial charge is 0.101 e. The minimum Gasteiger partial charge on any atom is -0.392 e. The lowest BCUT2D eigenvalue weighted by atomic mass is 10.1. The fourth-order valence-electron chi connectivity index (χ4n) is 3.04. The number of aliphatic hydroxyl groups is 1. The number of nitrogens with zero attached hydrogens (tertiary/aromatic N) is 3. The Labute approximate surface area is 121 Å². The third kappa shape index (κ3) is 3.12. The van der Waals surface area contributed by atoms with Crippen LogP contribution in [0, 0.1) is 11.3 Å². The van der Waals surface area contributed by atoms with Crippen molar-refractivity contribution in [1.82, 2.24) is 4.90 Å². The zero-order valence-corrected chi connectivity index (χ0v) is 12.3. The molecular formula is C16H23N3O. The Kier molecular flexibility index (Phi) is 4.99. The Hall–Kier alpha value is -1.57. The summed E-state index contributed by atoms with van der Waals surface area (Å²) in [5.74, 6) is 0. The van der Waals surface area contributed by atoms with Crippen molar-refractivity contribution in [2.75, 3.05) is 31.6 Å². The van der Waals surface area contributed by atoms with E-state index in [-0.39, 0.29) is 6.61 Å². The van der Waals surface area contributed by atoms with Crippen molar-refractivity contribution in [3.63, 3.8) is 0 Å². The van der Waals surface area contributed by atoms with Gasteiger partial charge in [-0.15, -0.1) is 0 Å². The molecule has 1 saturated heterocycles. The Balaban J connectivity index is 2.13. The van der Waals surface area contributed by atoms with Gasteiger partial charge in [-0.25, -0.2) is 0 Å². The second-order valence-electron chi connectivity index (χ2n) is 5.43. The zero-order valence-electron chi connectivity index (χ0n) is 12.3. The molecule has 4 nitrogen and oxygen atoms in total. The molecule has 0 bridgehead atoms. The van der Waals surface area contributed by atoms with Crippen LogP contribution in [0.4, 0.5) is 5.69 Å². The van der Waals surface area contributed by atoms with Crippen LogP contribution in [0.1, 0.15) is 30.9 Å². The van der Waals surface area contributed by atoms with Crippen LogP contribution in [-0.4, -0.2) is 42.7 Å². The van der Waals surface area contributed by atoms with E-state index in [0.29, 0.717) is 11.6 Å². The minimum absolute atomic E-state index is 0.0229. The van der Waals surface area contributed by atoms with Crippen molar-refractivity contribution in [3.05, 3.63) is 29.3 Å². The third-order valence-corrected chi connectivity index (χ3v) is 4.17. The predicted octanol–water partition coefficient (Wildman–Crippen LogP) is 1.97. The van der Waals surface area contributed by atoms with Crippen LogP contribution in [0.15, 0.2) is 18.2 Å². The number of aliphatic hydroxyl groups excluding tert-OH is 1. The van der Waals surface area contributed by atoms with Crippen LogP contribution >= 0.6 is 0 Å². The maximum atomic E-state index is 9.28. The molecule has 2 rings (SSSR count). The van der Waals surface area contributed by atoms with E-state index in [0.717, 1.165) is 24.3 Å². The predicted molar refractivity (Wildman–Crippen MR) is 80.6 cm³/mol. The summed E-state index contributed by atoms with van der Waals surface area (Å²) in [7, 11) is 2.04. The van der Waals surface area contributed by atoms with Gasteiger partial charge in [0, 0.05) is 19.6 Å². The quantitative estimate of drug-likeness (QED) is 0.891. The lowest BCUT2D eigenvalue weighted by Crippen LogP contribution is -2.39. The van der Waals surface area contributed by atoms with E-state index in [9.17, 15) is 5.26 Å². The molecule has 1 aromatic rings. The fraction of sp³-hybridized carbons (Fsp3) is 0.562. The normalized spacial score (nSPS) is 19.0. The van der Waals surface area contributed by atoms with Crippen molar-refractivity contribution in [2.45, 2.75) is 32.4 Å². The van der Waals surface area contributed by atoms with Crippen LogP contribution in [0.3, 0.4) is 0 Å². The monoisotopic (exact) mass is 273 g/mol. The molecule has 1 heterocycles. The molecule has 0 saturated carbocycles. The highest BCUT2D eigenvalue weighted by atomic mass is 16.3. The molecule has 1 aliphatic heterocycles. The first-order valence-electron chi connectivity index (χ1n) is 7.28. The van der Waals surface area contributed by atoms with E-state index < -0.39 is 0 Å². The summed E-state index contributed by atoms with van der Waals surface area (Å²) in [5, 5.41) is 18.4. The van der Waals surface area contributed by atoms with Gasteiger partial charge < -0.3 is 10.0 Å². The van der Waals surface area contributed by atoms with E-state index in [2.05, 4.69) is 22.8 Å². The van der Waals surface area contributed by atoms with E-state index >= 15 is 0 Å². The van der Waals surface area contributed by atoms with Crippen molar-refractivity contribution in [1.29, 1.82) is 5.26 Å². The molecule has 1 aliphatic rings. The highest BCUT2D eigenvalue weighted by Crippen LogP contribution is 2.24. The SMILES string of the molecule is CCN1CCCC1CN(C)c1ccc(CO)cc1C#N. The van der Waals surface area contributed by atoms with Crippen molar-refractivity contribution >= 4 is 5.69 Å². The summed E-state index contributed by atoms with van der Waals surface area (Å²) in [4.78, 5) is 4.67. The molecule has 1 unspecified atom stereocenters. The summed E-state index contributed by atoms with van der Waals surface area (Å²) >= 11 is 0. The Morgan fingerprint density at radius 1 is 1.50 bits per heavy atom. The minimum atomic E-state index is -0.0229. The second kappa shape index (κ2) is 6.74. The van der Waals surface area contributed by atoms with Gasteiger partial charge in [0.15, 0.2) is 0 Å². The lowest BCUT2D eigenvalue weighted by Gasteiger charge is -2.29. The highest BCUT2D eigenvalue weighted by Gasteiger charge is 2.24. The molecular weight excluding hydrogens is 250 g/mol. The third-order valence-electron chi connectivity index (χ3n) is 4.17. The number of rotatable bonds is 5. The largest absolute Gasteiger partial charge is 0.392 e. The fourth-order valence-corrected chi connectivity index (χ4v) is 3.04. The van der Waals surface area contributed by atoms with Gasteiger partial charge in [-0.3, -0.25) is 4.90 Å². The Morgan fingerprint density at radius 3 is 2.95 bits per heavy atom. The summed E-state index contributed by atoms with van der Waals surface area (Å²) in [6.07, 6.45) is 2.50. The Bertz CT molecular complexity index is 495. The van der Waals surface area contributed by atoms with Crippen molar-refractivity contribution < 1.29 is 5.11 Å². The standard InChI is InChI=1S/C16H23N3O/c1-3-19-8-4-5-15(19)11-18(2)16-7-6-13(12-20)9-14(16)10-17/h6-7,9,15,20H,3-5,8,11-12H2,1-2H3. The number of hydrogen-bond donors (Lipinski definition) is 1. The zero-order chi connectivity index (χ0) is 14.5. The van der Waals surface area contributed by atoms with E-state index in [1.165, 1.54) is 19.4 Å². The maximum absolute atomic E-state index is 9.28. The second-order valence-corrected chi connectivity index (χ2v) is 5.43. The first-order valence-corrected chi connectivity index (χ1v) is 7.28. The van der Waals surface area contributed by atoms with Crippen molar-refractivity contribution in [2.24, 2.45) is 0 Å². The summed E-state index contributed by atoms with van der Waals surface area (Å²) in [6, 6.07) is 8.42. The molecule has 1 aromatic carbocycles. The molecule has 0 aromatic heterocycles. The van der Waals surface area contributed by atoms with Crippen LogP contribution in [0.5, 0.6) is 0 Å². The molecule has 0 aliphatic carbocycles. The molecule has 4 heteroatoms. The number of likely N-dealkylation sites (tertiary alicyclic amines) is 1. The van der Waals surface area contributed by atoms with E-state index in [1.807, 2.05) is 19.2 Å². The summed E-state index contributed by atoms with van der Waals surface area (Å²) in [5.41, 5.74) is 2.38. The topological polar surface area (TPSA) is 50.5 Å².